The van der Waals surface area contributed by atoms with Gasteiger partial charge in [0, 0.05) is 26.1 Å². The quantitative estimate of drug-likeness (QED) is 0.359. The highest BCUT2D eigenvalue weighted by atomic mass is 16.6. The van der Waals surface area contributed by atoms with Crippen LogP contribution in [-0.4, -0.2) is 99.6 Å². The maximum atomic E-state index is 14.7. The number of benzene rings is 1. The summed E-state index contributed by atoms with van der Waals surface area (Å²) >= 11 is 0. The van der Waals surface area contributed by atoms with Crippen molar-refractivity contribution in [2.45, 2.75) is 102 Å². The summed E-state index contributed by atoms with van der Waals surface area (Å²) in [7, 11) is 1.71. The van der Waals surface area contributed by atoms with E-state index in [0.29, 0.717) is 13.0 Å². The number of amides is 3. The molecule has 2 saturated heterocycles. The van der Waals surface area contributed by atoms with Crippen LogP contribution in [0.5, 0.6) is 0 Å². The summed E-state index contributed by atoms with van der Waals surface area (Å²) in [6.07, 6.45) is 7.93. The van der Waals surface area contributed by atoms with Crippen LogP contribution in [0.25, 0.3) is 0 Å². The first-order valence-corrected chi connectivity index (χ1v) is 16.7. The number of likely N-dealkylation sites (tertiary alicyclic amines) is 1. The molecule has 0 radical (unpaired) electrons. The number of cyclic esters (lactones) is 1. The van der Waals surface area contributed by atoms with Crippen LogP contribution in [0.1, 0.15) is 72.0 Å². The van der Waals surface area contributed by atoms with Crippen LogP contribution in [0, 0.1) is 17.8 Å². The molecule has 46 heavy (non-hydrogen) atoms. The lowest BCUT2D eigenvalue weighted by molar-refractivity contribution is -0.165. The third kappa shape index (κ3) is 5.79. The summed E-state index contributed by atoms with van der Waals surface area (Å²) < 4.78 is 13.1. The molecule has 10 heteroatoms. The molecule has 0 aromatic heterocycles. The van der Waals surface area contributed by atoms with E-state index < -0.39 is 59.6 Å². The molecule has 1 N–H and O–H groups in total. The number of nitrogens with zero attached hydrogens (tertiary/aromatic N) is 3. The Kier molecular flexibility index (Phi) is 10.1. The molecule has 1 aromatic rings. The first-order valence-electron chi connectivity index (χ1n) is 16.7. The van der Waals surface area contributed by atoms with E-state index in [-0.39, 0.29) is 36.8 Å². The standard InChI is InChI=1S/C36H49N3O7/c1-7-14-23(4)38-20-13-19-36-30(33(42)39(32(36)34(38)43)26(21-40)22(2)3)29-27(46-36)17-11-12-18-28(41)37(6)24(5)31(45-35(29)44)25-15-9-8-10-16-25/h8-11,13,15-17,19,22-24,26-27,29-32,40H,7,12,14,18,20-21H2,1-6H3/b17-11-/t23?,24-,26-,27-,29+,30+,31+,32-,36+/m0/s1. The first-order chi connectivity index (χ1) is 22.0. The summed E-state index contributed by atoms with van der Waals surface area (Å²) in [5, 5.41) is 10.6. The van der Waals surface area contributed by atoms with Gasteiger partial charge in [0.25, 0.3) is 0 Å². The van der Waals surface area contributed by atoms with E-state index in [4.69, 9.17) is 9.47 Å². The van der Waals surface area contributed by atoms with Crippen molar-refractivity contribution in [1.29, 1.82) is 0 Å². The number of carbonyl (C=O) groups excluding carboxylic acids is 4. The normalized spacial score (nSPS) is 33.9. The lowest BCUT2D eigenvalue weighted by atomic mass is 9.77. The molecule has 1 aromatic carbocycles. The lowest BCUT2D eigenvalue weighted by Gasteiger charge is -2.41. The molecule has 10 nitrogen and oxygen atoms in total. The fraction of sp³-hybridized carbons (Fsp3) is 0.611. The smallest absolute Gasteiger partial charge is 0.313 e. The Morgan fingerprint density at radius 1 is 1.04 bits per heavy atom. The molecular weight excluding hydrogens is 586 g/mol. The van der Waals surface area contributed by atoms with Gasteiger partial charge in [-0.2, -0.15) is 0 Å². The Morgan fingerprint density at radius 3 is 2.41 bits per heavy atom. The number of allylic oxidation sites excluding steroid dienone is 1. The highest BCUT2D eigenvalue weighted by Crippen LogP contribution is 2.54. The van der Waals surface area contributed by atoms with E-state index in [2.05, 4.69) is 6.92 Å². The van der Waals surface area contributed by atoms with Gasteiger partial charge in [0.1, 0.15) is 23.7 Å². The molecule has 4 aliphatic rings. The van der Waals surface area contributed by atoms with E-state index in [1.54, 1.807) is 22.9 Å². The van der Waals surface area contributed by atoms with Crippen LogP contribution in [-0.2, 0) is 28.7 Å². The van der Waals surface area contributed by atoms with Crippen molar-refractivity contribution < 1.29 is 33.8 Å². The van der Waals surface area contributed by atoms with Gasteiger partial charge in [-0.1, -0.05) is 81.8 Å². The highest BCUT2D eigenvalue weighted by molar-refractivity contribution is 5.99. The van der Waals surface area contributed by atoms with Crippen molar-refractivity contribution in [1.82, 2.24) is 14.7 Å². The van der Waals surface area contributed by atoms with Crippen LogP contribution in [0.3, 0.4) is 0 Å². The molecule has 2 fully saturated rings. The number of hydrogen-bond acceptors (Lipinski definition) is 7. The molecule has 3 amide bonds. The van der Waals surface area contributed by atoms with E-state index in [9.17, 15) is 24.3 Å². The van der Waals surface area contributed by atoms with Crippen LogP contribution in [0.4, 0.5) is 0 Å². The predicted octanol–water partition coefficient (Wildman–Crippen LogP) is 3.65. The molecule has 4 heterocycles. The molecule has 1 spiro atoms. The largest absolute Gasteiger partial charge is 0.455 e. The summed E-state index contributed by atoms with van der Waals surface area (Å²) in [6, 6.07) is 6.99. The predicted molar refractivity (Wildman–Crippen MR) is 172 cm³/mol. The van der Waals surface area contributed by atoms with E-state index in [1.165, 1.54) is 4.90 Å². The summed E-state index contributed by atoms with van der Waals surface area (Å²) in [5.41, 5.74) is -0.723. The second kappa shape index (κ2) is 13.7. The molecular formula is C36H49N3O7. The fourth-order valence-corrected chi connectivity index (χ4v) is 7.79. The van der Waals surface area contributed by atoms with E-state index in [0.717, 1.165) is 18.4 Å². The van der Waals surface area contributed by atoms with E-state index in [1.807, 2.05) is 76.3 Å². The molecule has 0 saturated carbocycles. The lowest BCUT2D eigenvalue weighted by Crippen LogP contribution is -2.60. The number of fused-ring (bicyclic) bond motifs is 2. The van der Waals surface area contributed by atoms with Gasteiger partial charge in [-0.05, 0) is 38.2 Å². The number of likely N-dealkylation sites (N-methyl/N-ethyl adjacent to an activating group) is 1. The van der Waals surface area contributed by atoms with Gasteiger partial charge >= 0.3 is 5.97 Å². The highest BCUT2D eigenvalue weighted by Gasteiger charge is 2.72. The second-order valence-corrected chi connectivity index (χ2v) is 13.6. The van der Waals surface area contributed by atoms with Crippen molar-refractivity contribution in [2.24, 2.45) is 17.8 Å². The van der Waals surface area contributed by atoms with Crippen LogP contribution >= 0.6 is 0 Å². The van der Waals surface area contributed by atoms with Gasteiger partial charge in [-0.25, -0.2) is 0 Å². The average Bonchev–Trinajstić information content (AvgIpc) is 3.42. The number of esters is 1. The minimum absolute atomic E-state index is 0.0812. The third-order valence-corrected chi connectivity index (χ3v) is 10.5. The Balaban J connectivity index is 1.64. The third-order valence-electron chi connectivity index (χ3n) is 10.5. The van der Waals surface area contributed by atoms with Crippen molar-refractivity contribution in [3.63, 3.8) is 0 Å². The Morgan fingerprint density at radius 2 is 1.76 bits per heavy atom. The minimum atomic E-state index is -1.45. The fourth-order valence-electron chi connectivity index (χ4n) is 7.79. The van der Waals surface area contributed by atoms with Gasteiger partial charge in [-0.15, -0.1) is 0 Å². The topological polar surface area (TPSA) is 117 Å². The first kappa shape index (κ1) is 33.9. The van der Waals surface area contributed by atoms with Crippen LogP contribution in [0.2, 0.25) is 0 Å². The number of aliphatic hydroxyl groups excluding tert-OH is 1. The Hall–Kier alpha value is -3.50. The van der Waals surface area contributed by atoms with Gasteiger partial charge in [0.15, 0.2) is 0 Å². The molecule has 0 aliphatic carbocycles. The number of rotatable bonds is 7. The zero-order valence-electron chi connectivity index (χ0n) is 27.9. The zero-order valence-corrected chi connectivity index (χ0v) is 27.9. The molecule has 1 unspecified atom stereocenters. The summed E-state index contributed by atoms with van der Waals surface area (Å²) in [4.78, 5) is 61.9. The Labute approximate surface area is 272 Å². The summed E-state index contributed by atoms with van der Waals surface area (Å²) in [6.45, 7) is 9.74. The number of ether oxygens (including phenoxy) is 2. The number of aliphatic hydroxyl groups is 1. The Bertz CT molecular complexity index is 1360. The monoisotopic (exact) mass is 635 g/mol. The molecule has 250 valence electrons. The molecule has 5 rings (SSSR count). The van der Waals surface area contributed by atoms with Gasteiger partial charge < -0.3 is 29.3 Å². The van der Waals surface area contributed by atoms with Crippen molar-refractivity contribution in [3.8, 4) is 0 Å². The maximum absolute atomic E-state index is 14.7. The van der Waals surface area contributed by atoms with E-state index >= 15 is 0 Å². The summed E-state index contributed by atoms with van der Waals surface area (Å²) in [5.74, 6) is -3.63. The van der Waals surface area contributed by atoms with Crippen molar-refractivity contribution in [3.05, 3.63) is 60.2 Å². The molecule has 4 aliphatic heterocycles. The number of hydrogen-bond donors (Lipinski definition) is 1. The average molecular weight is 636 g/mol. The number of carbonyl (C=O) groups is 4. The SMILES string of the molecule is CCCC(C)N1CC=C[C@@]23O[C@H]4/C=C\CCC(=O)N(C)[C@@H](C)[C@H](c5ccccc5)OC(=O)[C@H]4[C@@H]2C(=O)N([C@@H](CO)C(C)C)[C@H]3C1=O. The molecule has 9 atom stereocenters. The van der Waals surface area contributed by atoms with Crippen molar-refractivity contribution in [2.75, 3.05) is 20.2 Å². The second-order valence-electron chi connectivity index (χ2n) is 13.6. The zero-order chi connectivity index (χ0) is 33.3. The molecule has 0 bridgehead atoms. The van der Waals surface area contributed by atoms with Crippen LogP contribution < -0.4 is 0 Å². The van der Waals surface area contributed by atoms with Gasteiger partial charge in [-0.3, -0.25) is 19.2 Å². The van der Waals surface area contributed by atoms with Crippen molar-refractivity contribution >= 4 is 23.7 Å². The van der Waals surface area contributed by atoms with Gasteiger partial charge in [0.05, 0.1) is 30.7 Å². The maximum Gasteiger partial charge on any atom is 0.313 e. The van der Waals surface area contributed by atoms with Gasteiger partial charge in [0.2, 0.25) is 17.7 Å². The van der Waals surface area contributed by atoms with Crippen LogP contribution in [0.15, 0.2) is 54.6 Å². The minimum Gasteiger partial charge on any atom is -0.455 e.